The number of hydrogen-bond acceptors (Lipinski definition) is 5. The van der Waals surface area contributed by atoms with Crippen LogP contribution in [0.3, 0.4) is 0 Å². The summed E-state index contributed by atoms with van der Waals surface area (Å²) in [6.45, 7) is 0. The molecule has 2 N–H and O–H groups in total. The molecule has 0 saturated heterocycles. The third-order valence-electron chi connectivity index (χ3n) is 9.66. The van der Waals surface area contributed by atoms with Crippen LogP contribution in [0.4, 0.5) is 5.13 Å². The average molecular weight is 483 g/mol. The van der Waals surface area contributed by atoms with Crippen LogP contribution in [0.1, 0.15) is 50.1 Å². The van der Waals surface area contributed by atoms with Gasteiger partial charge in [0.15, 0.2) is 5.13 Å². The lowest BCUT2D eigenvalue weighted by Gasteiger charge is -2.61. The fourth-order valence-corrected chi connectivity index (χ4v) is 9.35. The van der Waals surface area contributed by atoms with Crippen molar-refractivity contribution < 1.29 is 5.11 Å². The van der Waals surface area contributed by atoms with E-state index in [4.69, 9.17) is 4.98 Å². The van der Waals surface area contributed by atoms with E-state index in [1.165, 1.54) is 40.8 Å². The SMILES string of the molecule is O[C@H](C[C@@H]1c2ccccc2-c2cncn21)C12CC3CC(C1)C(Nc1nc4ccccc4s1)C(C3)C2. The van der Waals surface area contributed by atoms with Crippen LogP contribution in [0, 0.1) is 23.2 Å². The van der Waals surface area contributed by atoms with Gasteiger partial charge in [-0.3, -0.25) is 0 Å². The van der Waals surface area contributed by atoms with E-state index in [-0.39, 0.29) is 17.6 Å². The molecule has 3 heterocycles. The lowest BCUT2D eigenvalue weighted by atomic mass is 9.46. The van der Waals surface area contributed by atoms with Gasteiger partial charge in [-0.05, 0) is 79.4 Å². The van der Waals surface area contributed by atoms with Crippen molar-refractivity contribution in [1.29, 1.82) is 0 Å². The quantitative estimate of drug-likeness (QED) is 0.360. The highest BCUT2D eigenvalue weighted by atomic mass is 32.1. The summed E-state index contributed by atoms with van der Waals surface area (Å²) in [4.78, 5) is 9.30. The number of nitrogens with zero attached hydrogens (tertiary/aromatic N) is 3. The predicted octanol–water partition coefficient (Wildman–Crippen LogP) is 6.12. The Labute approximate surface area is 209 Å². The van der Waals surface area contributed by atoms with Gasteiger partial charge in [-0.15, -0.1) is 0 Å². The summed E-state index contributed by atoms with van der Waals surface area (Å²) >= 11 is 1.78. The highest BCUT2D eigenvalue weighted by molar-refractivity contribution is 7.22. The molecule has 9 rings (SSSR count). The van der Waals surface area contributed by atoms with Gasteiger partial charge < -0.3 is 15.0 Å². The van der Waals surface area contributed by atoms with Gasteiger partial charge in [0.2, 0.25) is 0 Å². The molecule has 1 aliphatic heterocycles. The van der Waals surface area contributed by atoms with Gasteiger partial charge in [-0.1, -0.05) is 47.7 Å². The lowest BCUT2D eigenvalue weighted by molar-refractivity contribution is -0.129. The van der Waals surface area contributed by atoms with E-state index in [1.54, 1.807) is 11.3 Å². The number of aliphatic hydroxyl groups is 1. The van der Waals surface area contributed by atoms with Crippen LogP contribution in [0.15, 0.2) is 61.1 Å². The largest absolute Gasteiger partial charge is 0.392 e. The number of imidazole rings is 1. The summed E-state index contributed by atoms with van der Waals surface area (Å²) in [6.07, 6.45) is 10.5. The van der Waals surface area contributed by atoms with E-state index in [1.807, 2.05) is 12.5 Å². The maximum Gasteiger partial charge on any atom is 0.184 e. The van der Waals surface area contributed by atoms with Crippen molar-refractivity contribution >= 4 is 26.7 Å². The van der Waals surface area contributed by atoms with Crippen LogP contribution in [0.5, 0.6) is 0 Å². The van der Waals surface area contributed by atoms with Gasteiger partial charge in [-0.25, -0.2) is 9.97 Å². The van der Waals surface area contributed by atoms with Crippen LogP contribution in [-0.2, 0) is 0 Å². The molecule has 0 radical (unpaired) electrons. The van der Waals surface area contributed by atoms with Gasteiger partial charge in [0.25, 0.3) is 0 Å². The fraction of sp³-hybridized carbons (Fsp3) is 0.448. The van der Waals surface area contributed by atoms with Crippen LogP contribution < -0.4 is 5.32 Å². The number of nitrogens with one attached hydrogen (secondary N) is 1. The first-order chi connectivity index (χ1) is 17.2. The molecule has 2 aromatic carbocycles. The molecule has 178 valence electrons. The van der Waals surface area contributed by atoms with Crippen molar-refractivity contribution in [2.45, 2.75) is 56.7 Å². The van der Waals surface area contributed by atoms with Crippen molar-refractivity contribution in [3.05, 3.63) is 66.6 Å². The summed E-state index contributed by atoms with van der Waals surface area (Å²) in [7, 11) is 0. The van der Waals surface area contributed by atoms with Crippen LogP contribution >= 0.6 is 11.3 Å². The minimum Gasteiger partial charge on any atom is -0.392 e. The van der Waals surface area contributed by atoms with E-state index in [9.17, 15) is 5.11 Å². The van der Waals surface area contributed by atoms with Crippen molar-refractivity contribution in [2.75, 3.05) is 5.32 Å². The Morgan fingerprint density at radius 2 is 1.86 bits per heavy atom. The van der Waals surface area contributed by atoms with Crippen molar-refractivity contribution in [3.63, 3.8) is 0 Å². The number of fused-ring (bicyclic) bond motifs is 4. The molecule has 4 aromatic rings. The minimum atomic E-state index is -0.287. The number of benzene rings is 2. The first kappa shape index (κ1) is 20.5. The maximum atomic E-state index is 11.9. The number of hydrogen-bond donors (Lipinski definition) is 2. The second-order valence-corrected chi connectivity index (χ2v) is 12.6. The van der Waals surface area contributed by atoms with Crippen LogP contribution in [0.2, 0.25) is 0 Å². The van der Waals surface area contributed by atoms with E-state index in [0.29, 0.717) is 17.9 Å². The highest BCUT2D eigenvalue weighted by Gasteiger charge is 2.58. The number of aromatic nitrogens is 3. The van der Waals surface area contributed by atoms with E-state index >= 15 is 0 Å². The zero-order chi connectivity index (χ0) is 23.1. The number of para-hydroxylation sites is 1. The molecule has 4 saturated carbocycles. The third kappa shape index (κ3) is 3.02. The van der Waals surface area contributed by atoms with Gasteiger partial charge in [-0.2, -0.15) is 0 Å². The zero-order valence-electron chi connectivity index (χ0n) is 19.7. The van der Waals surface area contributed by atoms with Gasteiger partial charge >= 0.3 is 0 Å². The number of aliphatic hydroxyl groups excluding tert-OH is 1. The topological polar surface area (TPSA) is 63.0 Å². The molecule has 6 heteroatoms. The summed E-state index contributed by atoms with van der Waals surface area (Å²) < 4.78 is 3.53. The Kier molecular flexibility index (Phi) is 4.33. The highest BCUT2D eigenvalue weighted by Crippen LogP contribution is 2.63. The molecule has 2 aromatic heterocycles. The summed E-state index contributed by atoms with van der Waals surface area (Å²) in [5, 5.41) is 16.8. The van der Waals surface area contributed by atoms with E-state index in [0.717, 1.165) is 35.8 Å². The Hall–Kier alpha value is -2.70. The molecule has 4 fully saturated rings. The van der Waals surface area contributed by atoms with Crippen LogP contribution in [-0.4, -0.2) is 31.8 Å². The second kappa shape index (κ2) is 7.40. The molecule has 0 amide bonds. The number of rotatable bonds is 5. The fourth-order valence-electron chi connectivity index (χ4n) is 8.44. The molecule has 35 heavy (non-hydrogen) atoms. The van der Waals surface area contributed by atoms with Crippen molar-refractivity contribution in [1.82, 2.24) is 14.5 Å². The Balaban J connectivity index is 1.05. The summed E-state index contributed by atoms with van der Waals surface area (Å²) in [5.41, 5.74) is 4.94. The standard InChI is InChI=1S/C29H30N4OS/c34-26(11-23-20-5-1-2-6-21(20)24-15-30-16-33(23)24)29-12-17-9-18(13-29)27(19(10-17)14-29)32-28-31-22-7-3-4-8-25(22)35-28/h1-8,15-19,23,26-27,34H,9-14H2,(H,31,32)/t17?,18?,19?,23-,26-,27?,29?/m1/s1. The molecule has 5 nitrogen and oxygen atoms in total. The smallest absolute Gasteiger partial charge is 0.184 e. The van der Waals surface area contributed by atoms with Crippen molar-refractivity contribution in [3.8, 4) is 11.3 Å². The van der Waals surface area contributed by atoms with Gasteiger partial charge in [0.05, 0.1) is 40.6 Å². The second-order valence-electron chi connectivity index (χ2n) is 11.5. The van der Waals surface area contributed by atoms with Crippen LogP contribution in [0.25, 0.3) is 21.5 Å². The summed E-state index contributed by atoms with van der Waals surface area (Å²) in [5.74, 6) is 2.01. The lowest BCUT2D eigenvalue weighted by Crippen LogP contribution is -2.59. The minimum absolute atomic E-state index is 0.0561. The van der Waals surface area contributed by atoms with Crippen molar-refractivity contribution in [2.24, 2.45) is 23.2 Å². The molecule has 5 aliphatic rings. The Bertz CT molecular complexity index is 1380. The van der Waals surface area contributed by atoms with E-state index < -0.39 is 0 Å². The first-order valence-electron chi connectivity index (χ1n) is 13.1. The third-order valence-corrected chi connectivity index (χ3v) is 10.6. The van der Waals surface area contributed by atoms with Gasteiger partial charge in [0.1, 0.15) is 0 Å². The number of anilines is 1. The molecule has 4 atom stereocenters. The maximum absolute atomic E-state index is 11.9. The zero-order valence-corrected chi connectivity index (χ0v) is 20.5. The predicted molar refractivity (Wildman–Crippen MR) is 139 cm³/mol. The van der Waals surface area contributed by atoms with E-state index in [2.05, 4.69) is 63.4 Å². The Morgan fingerprint density at radius 3 is 2.71 bits per heavy atom. The first-order valence-corrected chi connectivity index (χ1v) is 13.9. The van der Waals surface area contributed by atoms with Gasteiger partial charge in [0, 0.05) is 11.6 Å². The normalized spacial score (nSPS) is 33.1. The monoisotopic (exact) mass is 482 g/mol. The Morgan fingerprint density at radius 1 is 1.06 bits per heavy atom. The molecular weight excluding hydrogens is 452 g/mol. The number of thiazole rings is 1. The molecule has 4 aliphatic carbocycles. The molecule has 0 spiro atoms. The average Bonchev–Trinajstić information content (AvgIpc) is 3.56. The molecule has 4 bridgehead atoms. The summed E-state index contributed by atoms with van der Waals surface area (Å²) in [6, 6.07) is 17.7. The molecule has 2 unspecified atom stereocenters. The molecular formula is C29H30N4OS.